The molecule has 100 valence electrons. The van der Waals surface area contributed by atoms with Crippen molar-refractivity contribution in [2.45, 2.75) is 12.8 Å². The molecule has 1 fully saturated rings. The van der Waals surface area contributed by atoms with E-state index >= 15 is 0 Å². The van der Waals surface area contributed by atoms with Gasteiger partial charge in [-0.3, -0.25) is 0 Å². The van der Waals surface area contributed by atoms with Crippen LogP contribution < -0.4 is 5.32 Å². The van der Waals surface area contributed by atoms with E-state index in [2.05, 4.69) is 38.3 Å². The van der Waals surface area contributed by atoms with Gasteiger partial charge >= 0.3 is 0 Å². The van der Waals surface area contributed by atoms with Crippen molar-refractivity contribution in [1.82, 2.24) is 15.5 Å². The molecule has 0 aliphatic carbocycles. The maximum atomic E-state index is 13.2. The lowest BCUT2D eigenvalue weighted by Crippen LogP contribution is -2.08. The van der Waals surface area contributed by atoms with Crippen molar-refractivity contribution >= 4 is 15.9 Å². The fourth-order valence-electron chi connectivity index (χ4n) is 2.28. The molecule has 1 aliphatic heterocycles. The number of benzene rings is 1. The molecule has 0 radical (unpaired) electrons. The zero-order valence-corrected chi connectivity index (χ0v) is 11.9. The molecule has 0 amide bonds. The smallest absolute Gasteiger partial charge is 0.231 e. The fourth-order valence-corrected chi connectivity index (χ4v) is 2.66. The van der Waals surface area contributed by atoms with Crippen LogP contribution >= 0.6 is 15.9 Å². The van der Waals surface area contributed by atoms with E-state index in [4.69, 9.17) is 4.52 Å². The molecule has 2 aromatic rings. The Kier molecular flexibility index (Phi) is 3.36. The van der Waals surface area contributed by atoms with Gasteiger partial charge in [-0.15, -0.1) is 0 Å². The van der Waals surface area contributed by atoms with Gasteiger partial charge in [-0.1, -0.05) is 12.1 Å². The van der Waals surface area contributed by atoms with Crippen LogP contribution in [0.3, 0.4) is 0 Å². The maximum absolute atomic E-state index is 13.2. The predicted molar refractivity (Wildman–Crippen MR) is 72.2 cm³/mol. The molecule has 1 aliphatic rings. The molecule has 1 aromatic heterocycles. The number of hydrogen-bond donors (Lipinski definition) is 1. The predicted octanol–water partition coefficient (Wildman–Crippen LogP) is 2.96. The molecular weight excluding hydrogens is 313 g/mol. The SMILES string of the molecule is C[C@@H]1CNC[C@H]1c1nc(-c2ccc(F)c(Br)c2)no1. The first-order valence-electron chi connectivity index (χ1n) is 6.15. The average molecular weight is 326 g/mol. The lowest BCUT2D eigenvalue weighted by molar-refractivity contribution is 0.340. The Labute approximate surface area is 118 Å². The van der Waals surface area contributed by atoms with Crippen LogP contribution in [0.2, 0.25) is 0 Å². The van der Waals surface area contributed by atoms with E-state index in [1.54, 1.807) is 12.1 Å². The second kappa shape index (κ2) is 5.02. The van der Waals surface area contributed by atoms with Crippen molar-refractivity contribution in [3.63, 3.8) is 0 Å². The Balaban J connectivity index is 1.90. The molecule has 0 bridgehead atoms. The Morgan fingerprint density at radius 3 is 2.95 bits per heavy atom. The Morgan fingerprint density at radius 1 is 1.42 bits per heavy atom. The molecule has 19 heavy (non-hydrogen) atoms. The quantitative estimate of drug-likeness (QED) is 0.922. The van der Waals surface area contributed by atoms with Crippen LogP contribution in [0.1, 0.15) is 18.7 Å². The number of rotatable bonds is 2. The Morgan fingerprint density at radius 2 is 2.26 bits per heavy atom. The third-order valence-corrected chi connectivity index (χ3v) is 4.06. The molecule has 4 nitrogen and oxygen atoms in total. The highest BCUT2D eigenvalue weighted by Gasteiger charge is 2.29. The van der Waals surface area contributed by atoms with Gasteiger partial charge in [-0.05, 0) is 46.6 Å². The van der Waals surface area contributed by atoms with E-state index in [1.807, 2.05) is 0 Å². The van der Waals surface area contributed by atoms with Crippen molar-refractivity contribution in [3.05, 3.63) is 34.4 Å². The van der Waals surface area contributed by atoms with E-state index < -0.39 is 0 Å². The van der Waals surface area contributed by atoms with Gasteiger partial charge in [0.25, 0.3) is 0 Å². The van der Waals surface area contributed by atoms with Gasteiger partial charge in [0.2, 0.25) is 11.7 Å². The van der Waals surface area contributed by atoms with Gasteiger partial charge in [0.05, 0.1) is 10.4 Å². The molecule has 1 aromatic carbocycles. The topological polar surface area (TPSA) is 51.0 Å². The minimum Gasteiger partial charge on any atom is -0.339 e. The molecule has 0 spiro atoms. The van der Waals surface area contributed by atoms with Gasteiger partial charge in [0, 0.05) is 12.1 Å². The number of halogens is 2. The minimum absolute atomic E-state index is 0.255. The standard InChI is InChI=1S/C13H13BrFN3O/c1-7-5-16-6-9(7)13-17-12(18-19-13)8-2-3-11(15)10(14)4-8/h2-4,7,9,16H,5-6H2,1H3/t7-,9-/m1/s1. The van der Waals surface area contributed by atoms with Crippen LogP contribution in [0.25, 0.3) is 11.4 Å². The third kappa shape index (κ3) is 2.42. The second-order valence-electron chi connectivity index (χ2n) is 4.83. The number of nitrogens with zero attached hydrogens (tertiary/aromatic N) is 2. The van der Waals surface area contributed by atoms with Gasteiger partial charge < -0.3 is 9.84 Å². The highest BCUT2D eigenvalue weighted by molar-refractivity contribution is 9.10. The first kappa shape index (κ1) is 12.7. The minimum atomic E-state index is -0.305. The molecule has 0 unspecified atom stereocenters. The van der Waals surface area contributed by atoms with E-state index in [0.29, 0.717) is 22.1 Å². The van der Waals surface area contributed by atoms with Crippen LogP contribution in [0, 0.1) is 11.7 Å². The zero-order valence-electron chi connectivity index (χ0n) is 10.4. The highest BCUT2D eigenvalue weighted by Crippen LogP contribution is 2.29. The largest absolute Gasteiger partial charge is 0.339 e. The van der Waals surface area contributed by atoms with E-state index in [0.717, 1.165) is 18.7 Å². The summed E-state index contributed by atoms with van der Waals surface area (Å²) in [6, 6.07) is 4.68. The lowest BCUT2D eigenvalue weighted by Gasteiger charge is -2.07. The van der Waals surface area contributed by atoms with E-state index in [1.165, 1.54) is 6.07 Å². The summed E-state index contributed by atoms with van der Waals surface area (Å²) in [4.78, 5) is 4.42. The average Bonchev–Trinajstić information content (AvgIpc) is 3.01. The second-order valence-corrected chi connectivity index (χ2v) is 5.68. The number of nitrogens with one attached hydrogen (secondary N) is 1. The maximum Gasteiger partial charge on any atom is 0.231 e. The summed E-state index contributed by atoms with van der Waals surface area (Å²) in [7, 11) is 0. The van der Waals surface area contributed by atoms with Crippen molar-refractivity contribution in [2.24, 2.45) is 5.92 Å². The molecule has 2 heterocycles. The summed E-state index contributed by atoms with van der Waals surface area (Å²) in [6.45, 7) is 3.98. The number of hydrogen-bond acceptors (Lipinski definition) is 4. The lowest BCUT2D eigenvalue weighted by atomic mass is 9.98. The van der Waals surface area contributed by atoms with Crippen LogP contribution in [0.15, 0.2) is 27.2 Å². The van der Waals surface area contributed by atoms with Crippen molar-refractivity contribution in [3.8, 4) is 11.4 Å². The molecule has 6 heteroatoms. The van der Waals surface area contributed by atoms with Crippen LogP contribution in [0.4, 0.5) is 4.39 Å². The molecule has 3 rings (SSSR count). The normalized spacial score (nSPS) is 22.9. The molecule has 2 atom stereocenters. The van der Waals surface area contributed by atoms with Crippen molar-refractivity contribution in [2.75, 3.05) is 13.1 Å². The summed E-state index contributed by atoms with van der Waals surface area (Å²) in [5.74, 6) is 1.57. The van der Waals surface area contributed by atoms with Gasteiger partial charge in [0.1, 0.15) is 5.82 Å². The first-order valence-corrected chi connectivity index (χ1v) is 6.94. The summed E-state index contributed by atoms with van der Waals surface area (Å²) >= 11 is 3.15. The summed E-state index contributed by atoms with van der Waals surface area (Å²) in [6.07, 6.45) is 0. The van der Waals surface area contributed by atoms with Crippen LogP contribution in [-0.4, -0.2) is 23.2 Å². The van der Waals surface area contributed by atoms with Crippen LogP contribution in [-0.2, 0) is 0 Å². The van der Waals surface area contributed by atoms with Gasteiger partial charge in [0.15, 0.2) is 0 Å². The number of aromatic nitrogens is 2. The molecule has 1 saturated heterocycles. The van der Waals surface area contributed by atoms with Crippen molar-refractivity contribution < 1.29 is 8.91 Å². The highest BCUT2D eigenvalue weighted by atomic mass is 79.9. The van der Waals surface area contributed by atoms with Crippen LogP contribution in [0.5, 0.6) is 0 Å². The summed E-state index contributed by atoms with van der Waals surface area (Å²) in [5, 5.41) is 7.28. The van der Waals surface area contributed by atoms with Gasteiger partial charge in [-0.2, -0.15) is 4.98 Å². The zero-order chi connectivity index (χ0) is 13.4. The monoisotopic (exact) mass is 325 g/mol. The molecular formula is C13H13BrFN3O. The molecule has 0 saturated carbocycles. The van der Waals surface area contributed by atoms with Gasteiger partial charge in [-0.25, -0.2) is 4.39 Å². The summed E-state index contributed by atoms with van der Waals surface area (Å²) < 4.78 is 18.9. The first-order chi connectivity index (χ1) is 9.15. The van der Waals surface area contributed by atoms with E-state index in [9.17, 15) is 4.39 Å². The fraction of sp³-hybridized carbons (Fsp3) is 0.385. The Bertz CT molecular complexity index is 601. The third-order valence-electron chi connectivity index (χ3n) is 3.45. The summed E-state index contributed by atoms with van der Waals surface area (Å²) in [5.41, 5.74) is 0.738. The van der Waals surface area contributed by atoms with Crippen molar-refractivity contribution in [1.29, 1.82) is 0 Å². The van der Waals surface area contributed by atoms with E-state index in [-0.39, 0.29) is 11.7 Å². The molecule has 1 N–H and O–H groups in total. The Hall–Kier alpha value is -1.27.